The summed E-state index contributed by atoms with van der Waals surface area (Å²) in [4.78, 5) is 19.3. The highest BCUT2D eigenvalue weighted by molar-refractivity contribution is 6.17. The molecule has 0 aliphatic rings. The number of hydrogen-bond donors (Lipinski definition) is 1. The molecule has 0 aliphatic carbocycles. The van der Waals surface area contributed by atoms with Crippen molar-refractivity contribution in [3.63, 3.8) is 0 Å². The third kappa shape index (κ3) is 1.38. The minimum atomic E-state index is -0.0918. The average molecular weight is 246 g/mol. The molecule has 19 heavy (non-hydrogen) atoms. The van der Waals surface area contributed by atoms with Gasteiger partial charge in [0.1, 0.15) is 5.65 Å². The Labute approximate surface area is 108 Å². The molecular weight excluding hydrogens is 236 g/mol. The molecule has 0 saturated carbocycles. The lowest BCUT2D eigenvalue weighted by Crippen LogP contribution is -2.07. The lowest BCUT2D eigenvalue weighted by molar-refractivity contribution is 1.27. The number of hydrogen-bond acceptors (Lipinski definition) is 2. The first kappa shape index (κ1) is 10.3. The first-order chi connectivity index (χ1) is 9.34. The van der Waals surface area contributed by atoms with Crippen LogP contribution in [-0.4, -0.2) is 9.97 Å². The minimum Gasteiger partial charge on any atom is -0.306 e. The van der Waals surface area contributed by atoms with Crippen LogP contribution < -0.4 is 5.56 Å². The van der Waals surface area contributed by atoms with Gasteiger partial charge in [0.15, 0.2) is 0 Å². The second-order valence-electron chi connectivity index (χ2n) is 4.57. The predicted molar refractivity (Wildman–Crippen MR) is 77.4 cm³/mol. The zero-order valence-corrected chi connectivity index (χ0v) is 10.1. The van der Waals surface area contributed by atoms with E-state index in [4.69, 9.17) is 0 Å². The highest BCUT2D eigenvalue weighted by atomic mass is 16.1. The van der Waals surface area contributed by atoms with Crippen molar-refractivity contribution in [2.24, 2.45) is 0 Å². The van der Waals surface area contributed by atoms with E-state index in [1.165, 1.54) is 0 Å². The maximum Gasteiger partial charge on any atom is 0.257 e. The van der Waals surface area contributed by atoms with E-state index in [1.54, 1.807) is 6.20 Å². The van der Waals surface area contributed by atoms with Crippen LogP contribution in [0, 0.1) is 0 Å². The molecule has 0 bridgehead atoms. The smallest absolute Gasteiger partial charge is 0.257 e. The third-order valence-electron chi connectivity index (χ3n) is 3.47. The van der Waals surface area contributed by atoms with Crippen molar-refractivity contribution in [3.05, 3.63) is 65.1 Å². The van der Waals surface area contributed by atoms with Gasteiger partial charge in [-0.25, -0.2) is 4.98 Å². The fraction of sp³-hybridized carbons (Fsp3) is 0. The van der Waals surface area contributed by atoms with Crippen LogP contribution in [0.1, 0.15) is 0 Å². The summed E-state index contributed by atoms with van der Waals surface area (Å²) in [6, 6.07) is 15.7. The molecule has 0 unspecified atom stereocenters. The van der Waals surface area contributed by atoms with E-state index in [-0.39, 0.29) is 5.56 Å². The Morgan fingerprint density at radius 2 is 1.53 bits per heavy atom. The lowest BCUT2D eigenvalue weighted by atomic mass is 10.0. The molecule has 1 N–H and O–H groups in total. The summed E-state index contributed by atoms with van der Waals surface area (Å²) >= 11 is 0. The Morgan fingerprint density at radius 1 is 0.842 bits per heavy atom. The van der Waals surface area contributed by atoms with Crippen LogP contribution >= 0.6 is 0 Å². The number of rotatable bonds is 0. The van der Waals surface area contributed by atoms with Crippen LogP contribution in [-0.2, 0) is 0 Å². The number of benzene rings is 2. The van der Waals surface area contributed by atoms with Crippen molar-refractivity contribution in [2.45, 2.75) is 0 Å². The number of aromatic amines is 1. The van der Waals surface area contributed by atoms with E-state index in [1.807, 2.05) is 42.5 Å². The number of nitrogens with zero attached hydrogens (tertiary/aromatic N) is 1. The molecule has 90 valence electrons. The Balaban J connectivity index is 2.43. The summed E-state index contributed by atoms with van der Waals surface area (Å²) in [6.07, 6.45) is 1.79. The molecule has 3 nitrogen and oxygen atoms in total. The Morgan fingerprint density at radius 3 is 2.37 bits per heavy atom. The van der Waals surface area contributed by atoms with Crippen LogP contribution in [0.2, 0.25) is 0 Å². The lowest BCUT2D eigenvalue weighted by Gasteiger charge is -2.06. The van der Waals surface area contributed by atoms with Gasteiger partial charge in [0.05, 0.1) is 0 Å². The number of H-pyrrole nitrogens is 1. The summed E-state index contributed by atoms with van der Waals surface area (Å²) in [6.45, 7) is 0. The van der Waals surface area contributed by atoms with Gasteiger partial charge in [-0.2, -0.15) is 0 Å². The van der Waals surface area contributed by atoms with Crippen molar-refractivity contribution >= 4 is 32.6 Å². The largest absolute Gasteiger partial charge is 0.306 e. The minimum absolute atomic E-state index is 0.0918. The van der Waals surface area contributed by atoms with Crippen molar-refractivity contribution in [1.82, 2.24) is 9.97 Å². The van der Waals surface area contributed by atoms with Gasteiger partial charge in [0, 0.05) is 22.4 Å². The molecule has 4 rings (SSSR count). The standard InChI is InChI=1S/C16H10N2O/c19-16-13-8-4-3-7-12(13)14-11-6-2-1-5-10(11)9-17-15(14)18-16/h1-9H,(H,17,18,19). The molecule has 0 amide bonds. The molecule has 2 aromatic heterocycles. The summed E-state index contributed by atoms with van der Waals surface area (Å²) in [7, 11) is 0. The van der Waals surface area contributed by atoms with Crippen molar-refractivity contribution in [2.75, 3.05) is 0 Å². The second kappa shape index (κ2) is 3.65. The van der Waals surface area contributed by atoms with Crippen LogP contribution in [0.15, 0.2) is 59.5 Å². The number of pyridine rings is 2. The van der Waals surface area contributed by atoms with Crippen molar-refractivity contribution in [1.29, 1.82) is 0 Å². The van der Waals surface area contributed by atoms with Gasteiger partial charge in [-0.05, 0) is 16.8 Å². The van der Waals surface area contributed by atoms with Gasteiger partial charge in [0.2, 0.25) is 0 Å². The van der Waals surface area contributed by atoms with Gasteiger partial charge in [-0.3, -0.25) is 4.79 Å². The molecule has 3 heteroatoms. The van der Waals surface area contributed by atoms with Gasteiger partial charge in [0.25, 0.3) is 5.56 Å². The van der Waals surface area contributed by atoms with Crippen molar-refractivity contribution < 1.29 is 0 Å². The summed E-state index contributed by atoms with van der Waals surface area (Å²) in [5.41, 5.74) is 0.549. The van der Waals surface area contributed by atoms with Crippen LogP contribution in [0.25, 0.3) is 32.6 Å². The molecule has 2 aromatic carbocycles. The van der Waals surface area contributed by atoms with Crippen LogP contribution in [0.3, 0.4) is 0 Å². The molecule has 0 saturated heterocycles. The fourth-order valence-corrected chi connectivity index (χ4v) is 2.60. The SMILES string of the molecule is O=c1[nH]c2ncc3ccccc3c2c2ccccc12. The Bertz CT molecular complexity index is 986. The molecule has 2 heterocycles. The summed E-state index contributed by atoms with van der Waals surface area (Å²) < 4.78 is 0. The zero-order chi connectivity index (χ0) is 12.8. The highest BCUT2D eigenvalue weighted by Crippen LogP contribution is 2.27. The number of aromatic nitrogens is 2. The summed E-state index contributed by atoms with van der Waals surface area (Å²) in [5, 5.41) is 4.85. The van der Waals surface area contributed by atoms with E-state index < -0.39 is 0 Å². The van der Waals surface area contributed by atoms with Gasteiger partial charge < -0.3 is 4.98 Å². The number of nitrogens with one attached hydrogen (secondary N) is 1. The quantitative estimate of drug-likeness (QED) is 0.484. The maximum atomic E-state index is 12.0. The first-order valence-electron chi connectivity index (χ1n) is 6.13. The first-order valence-corrected chi connectivity index (χ1v) is 6.13. The molecule has 4 aromatic rings. The van der Waals surface area contributed by atoms with Crippen LogP contribution in [0.5, 0.6) is 0 Å². The molecule has 0 radical (unpaired) electrons. The van der Waals surface area contributed by atoms with Crippen molar-refractivity contribution in [3.8, 4) is 0 Å². The molecule has 0 fully saturated rings. The van der Waals surface area contributed by atoms with E-state index in [0.717, 1.165) is 21.5 Å². The van der Waals surface area contributed by atoms with Gasteiger partial charge in [-0.1, -0.05) is 42.5 Å². The topological polar surface area (TPSA) is 45.8 Å². The van der Waals surface area contributed by atoms with E-state index in [0.29, 0.717) is 11.0 Å². The fourth-order valence-electron chi connectivity index (χ4n) is 2.60. The molecule has 0 atom stereocenters. The monoisotopic (exact) mass is 246 g/mol. The van der Waals surface area contributed by atoms with Gasteiger partial charge in [-0.15, -0.1) is 0 Å². The van der Waals surface area contributed by atoms with E-state index in [2.05, 4.69) is 16.0 Å². The Hall–Kier alpha value is -2.68. The average Bonchev–Trinajstić information content (AvgIpc) is 2.47. The third-order valence-corrected chi connectivity index (χ3v) is 3.47. The summed E-state index contributed by atoms with van der Waals surface area (Å²) in [5.74, 6) is 0. The van der Waals surface area contributed by atoms with Crippen LogP contribution in [0.4, 0.5) is 0 Å². The molecular formula is C16H10N2O. The maximum absolute atomic E-state index is 12.0. The predicted octanol–water partition coefficient (Wildman–Crippen LogP) is 3.23. The van der Waals surface area contributed by atoms with Gasteiger partial charge >= 0.3 is 0 Å². The molecule has 0 aliphatic heterocycles. The van der Waals surface area contributed by atoms with E-state index in [9.17, 15) is 4.79 Å². The Kier molecular flexibility index (Phi) is 1.97. The normalized spacial score (nSPS) is 11.4. The highest BCUT2D eigenvalue weighted by Gasteiger charge is 2.08. The molecule has 0 spiro atoms. The number of fused-ring (bicyclic) bond motifs is 5. The zero-order valence-electron chi connectivity index (χ0n) is 10.1. The second-order valence-corrected chi connectivity index (χ2v) is 4.57. The van der Waals surface area contributed by atoms with E-state index >= 15 is 0 Å².